The van der Waals surface area contributed by atoms with Crippen molar-refractivity contribution in [1.82, 2.24) is 20.2 Å². The number of hydrogen-bond donors (Lipinski definition) is 1. The van der Waals surface area contributed by atoms with Crippen molar-refractivity contribution in [2.75, 3.05) is 13.1 Å². The topological polar surface area (TPSA) is 75.2 Å². The quantitative estimate of drug-likeness (QED) is 0.491. The van der Waals surface area contributed by atoms with Gasteiger partial charge < -0.3 is 10.2 Å². The molecule has 2 heterocycles. The van der Waals surface area contributed by atoms with Gasteiger partial charge in [0.15, 0.2) is 0 Å². The van der Waals surface area contributed by atoms with E-state index in [1.807, 2.05) is 19.1 Å². The lowest BCUT2D eigenvalue weighted by atomic mass is 9.90. The molecule has 0 unspecified atom stereocenters. The van der Waals surface area contributed by atoms with Crippen molar-refractivity contribution in [3.63, 3.8) is 0 Å². The first-order valence-electron chi connectivity index (χ1n) is 11.9. The standard InChI is InChI=1S/C27H27ClF2N4O2/c1-2-24-31-16-21(27(36)32-15-17-5-3-6-19(28)13-17)26(33-24)18-9-11-34(12-10-18)25(35)14-20-22(29)7-4-8-23(20)30/h3-8,13,16,18H,2,9-12,14-15H2,1H3,(H,32,36). The molecule has 2 aromatic carbocycles. The molecule has 36 heavy (non-hydrogen) atoms. The summed E-state index contributed by atoms with van der Waals surface area (Å²) in [5, 5.41) is 3.51. The number of rotatable bonds is 7. The Bertz CT molecular complexity index is 1240. The number of nitrogens with one attached hydrogen (secondary N) is 1. The molecule has 1 aliphatic heterocycles. The van der Waals surface area contributed by atoms with Crippen LogP contribution in [0, 0.1) is 11.6 Å². The van der Waals surface area contributed by atoms with Crippen LogP contribution in [0.1, 0.15) is 58.7 Å². The van der Waals surface area contributed by atoms with Gasteiger partial charge in [-0.1, -0.05) is 36.7 Å². The highest BCUT2D eigenvalue weighted by atomic mass is 35.5. The van der Waals surface area contributed by atoms with E-state index >= 15 is 0 Å². The minimum Gasteiger partial charge on any atom is -0.348 e. The number of nitrogens with zero attached hydrogens (tertiary/aromatic N) is 3. The molecule has 1 N–H and O–H groups in total. The van der Waals surface area contributed by atoms with Crippen LogP contribution in [0.25, 0.3) is 0 Å². The maximum atomic E-state index is 14.0. The Labute approximate surface area is 213 Å². The van der Waals surface area contributed by atoms with Crippen LogP contribution in [0.3, 0.4) is 0 Å². The first-order valence-corrected chi connectivity index (χ1v) is 12.3. The van der Waals surface area contributed by atoms with Gasteiger partial charge in [-0.05, 0) is 42.7 Å². The normalized spacial score (nSPS) is 14.1. The minimum absolute atomic E-state index is 0.0422. The van der Waals surface area contributed by atoms with Gasteiger partial charge in [-0.25, -0.2) is 18.7 Å². The summed E-state index contributed by atoms with van der Waals surface area (Å²) in [7, 11) is 0. The number of likely N-dealkylation sites (tertiary alicyclic amines) is 1. The smallest absolute Gasteiger partial charge is 0.254 e. The van der Waals surface area contributed by atoms with Crippen molar-refractivity contribution in [1.29, 1.82) is 0 Å². The highest BCUT2D eigenvalue weighted by Crippen LogP contribution is 2.30. The van der Waals surface area contributed by atoms with E-state index in [0.29, 0.717) is 61.0 Å². The summed E-state index contributed by atoms with van der Waals surface area (Å²) in [6, 6.07) is 10.8. The highest BCUT2D eigenvalue weighted by Gasteiger charge is 2.29. The zero-order valence-corrected chi connectivity index (χ0v) is 20.7. The van der Waals surface area contributed by atoms with Gasteiger partial charge in [0.05, 0.1) is 17.7 Å². The highest BCUT2D eigenvalue weighted by molar-refractivity contribution is 6.30. The monoisotopic (exact) mass is 512 g/mol. The van der Waals surface area contributed by atoms with E-state index in [1.165, 1.54) is 6.07 Å². The van der Waals surface area contributed by atoms with Crippen LogP contribution < -0.4 is 5.32 Å². The lowest BCUT2D eigenvalue weighted by molar-refractivity contribution is -0.131. The summed E-state index contributed by atoms with van der Waals surface area (Å²) in [6.07, 6.45) is 3.03. The first-order chi connectivity index (χ1) is 17.4. The lowest BCUT2D eigenvalue weighted by Gasteiger charge is -2.32. The second kappa shape index (κ2) is 11.6. The Kier molecular flexibility index (Phi) is 8.25. The number of amides is 2. The molecule has 1 aliphatic rings. The number of piperidine rings is 1. The molecule has 1 saturated heterocycles. The van der Waals surface area contributed by atoms with Crippen molar-refractivity contribution >= 4 is 23.4 Å². The summed E-state index contributed by atoms with van der Waals surface area (Å²) < 4.78 is 27.9. The third-order valence-corrected chi connectivity index (χ3v) is 6.63. The van der Waals surface area contributed by atoms with Crippen LogP contribution in [0.5, 0.6) is 0 Å². The van der Waals surface area contributed by atoms with Gasteiger partial charge in [-0.3, -0.25) is 9.59 Å². The third kappa shape index (κ3) is 6.05. The molecule has 2 amide bonds. The van der Waals surface area contributed by atoms with Crippen LogP contribution in [0.15, 0.2) is 48.7 Å². The fourth-order valence-electron chi connectivity index (χ4n) is 4.38. The Morgan fingerprint density at radius 2 is 1.81 bits per heavy atom. The predicted molar refractivity (Wildman–Crippen MR) is 133 cm³/mol. The SMILES string of the molecule is CCc1ncc(C(=O)NCc2cccc(Cl)c2)c(C2CCN(C(=O)Cc3c(F)cccc3F)CC2)n1. The number of hydrogen-bond acceptors (Lipinski definition) is 4. The summed E-state index contributed by atoms with van der Waals surface area (Å²) >= 11 is 6.03. The molecule has 1 fully saturated rings. The van der Waals surface area contributed by atoms with E-state index in [4.69, 9.17) is 11.6 Å². The molecule has 0 radical (unpaired) electrons. The number of aryl methyl sites for hydroxylation is 1. The van der Waals surface area contributed by atoms with Gasteiger partial charge in [-0.15, -0.1) is 0 Å². The average molecular weight is 513 g/mol. The van der Waals surface area contributed by atoms with Crippen LogP contribution in [-0.2, 0) is 24.2 Å². The van der Waals surface area contributed by atoms with Gasteiger partial charge in [-0.2, -0.15) is 0 Å². The van der Waals surface area contributed by atoms with Gasteiger partial charge in [0, 0.05) is 48.8 Å². The molecule has 3 aromatic rings. The molecule has 9 heteroatoms. The third-order valence-electron chi connectivity index (χ3n) is 6.40. The summed E-state index contributed by atoms with van der Waals surface area (Å²) in [5.74, 6) is -1.45. The number of benzene rings is 2. The number of halogens is 3. The van der Waals surface area contributed by atoms with Crippen molar-refractivity contribution in [3.05, 3.63) is 93.5 Å². The maximum absolute atomic E-state index is 14.0. The second-order valence-electron chi connectivity index (χ2n) is 8.78. The molecular weight excluding hydrogens is 486 g/mol. The van der Waals surface area contributed by atoms with Crippen LogP contribution in [0.2, 0.25) is 5.02 Å². The Hall–Kier alpha value is -3.39. The summed E-state index contributed by atoms with van der Waals surface area (Å²) in [6.45, 7) is 3.08. The summed E-state index contributed by atoms with van der Waals surface area (Å²) in [4.78, 5) is 36.4. The van der Waals surface area contributed by atoms with Crippen LogP contribution in [-0.4, -0.2) is 39.8 Å². The molecule has 0 atom stereocenters. The first kappa shape index (κ1) is 25.7. The van der Waals surface area contributed by atoms with E-state index in [2.05, 4.69) is 15.3 Å². The van der Waals surface area contributed by atoms with E-state index in [-0.39, 0.29) is 29.7 Å². The Morgan fingerprint density at radius 3 is 2.47 bits per heavy atom. The second-order valence-corrected chi connectivity index (χ2v) is 9.22. The minimum atomic E-state index is -0.722. The Morgan fingerprint density at radius 1 is 1.11 bits per heavy atom. The van der Waals surface area contributed by atoms with Gasteiger partial charge in [0.25, 0.3) is 5.91 Å². The molecule has 4 rings (SSSR count). The summed E-state index contributed by atoms with van der Waals surface area (Å²) in [5.41, 5.74) is 1.73. The average Bonchev–Trinajstić information content (AvgIpc) is 2.89. The zero-order chi connectivity index (χ0) is 25.7. The Balaban J connectivity index is 1.44. The van der Waals surface area contributed by atoms with Crippen LogP contribution in [0.4, 0.5) is 8.78 Å². The fraction of sp³-hybridized carbons (Fsp3) is 0.333. The maximum Gasteiger partial charge on any atom is 0.254 e. The van der Waals surface area contributed by atoms with Gasteiger partial charge in [0.2, 0.25) is 5.91 Å². The molecule has 0 aliphatic carbocycles. The number of aromatic nitrogens is 2. The van der Waals surface area contributed by atoms with Crippen molar-refractivity contribution in [3.8, 4) is 0 Å². The van der Waals surface area contributed by atoms with Crippen molar-refractivity contribution < 1.29 is 18.4 Å². The van der Waals surface area contributed by atoms with Gasteiger partial charge in [0.1, 0.15) is 17.5 Å². The van der Waals surface area contributed by atoms with Crippen LogP contribution >= 0.6 is 11.6 Å². The molecule has 1 aromatic heterocycles. The van der Waals surface area contributed by atoms with Crippen molar-refractivity contribution in [2.24, 2.45) is 0 Å². The van der Waals surface area contributed by atoms with Gasteiger partial charge >= 0.3 is 0 Å². The molecule has 6 nitrogen and oxygen atoms in total. The molecule has 0 bridgehead atoms. The van der Waals surface area contributed by atoms with E-state index in [9.17, 15) is 18.4 Å². The number of carbonyl (C=O) groups excluding carboxylic acids is 2. The van der Waals surface area contributed by atoms with E-state index < -0.39 is 11.6 Å². The molecule has 0 saturated carbocycles. The zero-order valence-electron chi connectivity index (χ0n) is 19.9. The molecule has 0 spiro atoms. The molecule has 188 valence electrons. The lowest BCUT2D eigenvalue weighted by Crippen LogP contribution is -2.39. The molecular formula is C27H27ClF2N4O2. The largest absolute Gasteiger partial charge is 0.348 e. The number of carbonyl (C=O) groups is 2. The fourth-order valence-corrected chi connectivity index (χ4v) is 4.59. The van der Waals surface area contributed by atoms with E-state index in [0.717, 1.165) is 17.7 Å². The van der Waals surface area contributed by atoms with E-state index in [1.54, 1.807) is 23.2 Å². The van der Waals surface area contributed by atoms with Crippen molar-refractivity contribution in [2.45, 2.75) is 45.1 Å². The predicted octanol–water partition coefficient (Wildman–Crippen LogP) is 4.85.